The van der Waals surface area contributed by atoms with E-state index in [0.717, 1.165) is 29.7 Å². The molecule has 0 spiro atoms. The van der Waals surface area contributed by atoms with Crippen LogP contribution in [0.1, 0.15) is 11.4 Å². The normalized spacial score (nSPS) is 10.8. The van der Waals surface area contributed by atoms with Gasteiger partial charge in [0.2, 0.25) is 0 Å². The van der Waals surface area contributed by atoms with E-state index in [4.69, 9.17) is 9.47 Å². The Morgan fingerprint density at radius 2 is 1.90 bits per heavy atom. The van der Waals surface area contributed by atoms with Gasteiger partial charge in [0.05, 0.1) is 25.3 Å². The van der Waals surface area contributed by atoms with Gasteiger partial charge < -0.3 is 14.5 Å². The van der Waals surface area contributed by atoms with Crippen molar-refractivity contribution in [2.75, 3.05) is 14.2 Å². The zero-order chi connectivity index (χ0) is 14.7. The van der Waals surface area contributed by atoms with E-state index in [2.05, 4.69) is 21.0 Å². The maximum Gasteiger partial charge on any atom is 0.163 e. The maximum absolute atomic E-state index is 5.30. The van der Waals surface area contributed by atoms with Crippen LogP contribution in [0.4, 0.5) is 0 Å². The third-order valence-electron chi connectivity index (χ3n) is 3.41. The molecule has 5 heteroatoms. The first-order chi connectivity index (χ1) is 10.3. The molecular weight excluding hydrogens is 266 g/mol. The Kier molecular flexibility index (Phi) is 3.73. The molecule has 0 bridgehead atoms. The summed E-state index contributed by atoms with van der Waals surface area (Å²) in [6.45, 7) is 0. The first-order valence-electron chi connectivity index (χ1n) is 6.79. The number of methoxy groups -OCH3 is 2. The van der Waals surface area contributed by atoms with E-state index in [1.54, 1.807) is 20.4 Å². The zero-order valence-electron chi connectivity index (χ0n) is 12.1. The first kappa shape index (κ1) is 13.4. The third-order valence-corrected chi connectivity index (χ3v) is 3.41. The Hall–Kier alpha value is -2.56. The highest BCUT2D eigenvalue weighted by molar-refractivity contribution is 5.79. The fourth-order valence-corrected chi connectivity index (χ4v) is 2.32. The van der Waals surface area contributed by atoms with E-state index in [1.165, 1.54) is 5.56 Å². The smallest absolute Gasteiger partial charge is 0.163 e. The van der Waals surface area contributed by atoms with Crippen LogP contribution in [0.5, 0.6) is 11.5 Å². The largest absolute Gasteiger partial charge is 0.493 e. The van der Waals surface area contributed by atoms with E-state index in [9.17, 15) is 0 Å². The predicted molar refractivity (Wildman–Crippen MR) is 80.8 cm³/mol. The topological polar surface area (TPSA) is 60.0 Å². The number of imidazole rings is 1. The monoisotopic (exact) mass is 283 g/mol. The molecule has 0 atom stereocenters. The number of hydrogen-bond donors (Lipinski definition) is 1. The molecule has 0 amide bonds. The molecule has 3 rings (SSSR count). The summed E-state index contributed by atoms with van der Waals surface area (Å²) in [5, 5.41) is 0. The molecule has 2 aromatic heterocycles. The van der Waals surface area contributed by atoms with Crippen molar-refractivity contribution in [3.05, 3.63) is 48.0 Å². The summed E-state index contributed by atoms with van der Waals surface area (Å²) in [5.41, 5.74) is 3.04. The standard InChI is InChI=1S/C16H17N3O2/c1-20-14-8-12-13(9-15(14)21-2)19-16(18-12)6-5-11-4-3-7-17-10-11/h3-4,7-10H,5-6H2,1-2H3,(H,18,19). The predicted octanol–water partition coefficient (Wildman–Crippen LogP) is 2.76. The van der Waals surface area contributed by atoms with Crippen molar-refractivity contribution >= 4 is 11.0 Å². The lowest BCUT2D eigenvalue weighted by Crippen LogP contribution is -1.93. The number of aryl methyl sites for hydroxylation is 2. The second-order valence-corrected chi connectivity index (χ2v) is 4.77. The second-order valence-electron chi connectivity index (χ2n) is 4.77. The Morgan fingerprint density at radius 1 is 1.10 bits per heavy atom. The van der Waals surface area contributed by atoms with E-state index in [1.807, 2.05) is 24.4 Å². The Bertz CT molecular complexity index is 697. The number of aromatic amines is 1. The van der Waals surface area contributed by atoms with Gasteiger partial charge in [-0.05, 0) is 18.1 Å². The van der Waals surface area contributed by atoms with Gasteiger partial charge in [-0.1, -0.05) is 6.07 Å². The number of H-pyrrole nitrogens is 1. The Labute approximate surface area is 123 Å². The van der Waals surface area contributed by atoms with Crippen LogP contribution in [0.15, 0.2) is 36.7 Å². The van der Waals surface area contributed by atoms with Crippen LogP contribution in [0.3, 0.4) is 0 Å². The number of pyridine rings is 1. The van der Waals surface area contributed by atoms with Gasteiger partial charge in [-0.25, -0.2) is 4.98 Å². The van der Waals surface area contributed by atoms with Crippen molar-refractivity contribution in [2.45, 2.75) is 12.8 Å². The lowest BCUT2D eigenvalue weighted by atomic mass is 10.1. The van der Waals surface area contributed by atoms with E-state index in [-0.39, 0.29) is 0 Å². The lowest BCUT2D eigenvalue weighted by Gasteiger charge is -2.06. The molecule has 21 heavy (non-hydrogen) atoms. The van der Waals surface area contributed by atoms with Crippen molar-refractivity contribution in [1.82, 2.24) is 15.0 Å². The van der Waals surface area contributed by atoms with Crippen LogP contribution in [0.2, 0.25) is 0 Å². The fourth-order valence-electron chi connectivity index (χ4n) is 2.32. The summed E-state index contributed by atoms with van der Waals surface area (Å²) in [5.74, 6) is 2.34. The lowest BCUT2D eigenvalue weighted by molar-refractivity contribution is 0.356. The van der Waals surface area contributed by atoms with Gasteiger partial charge in [-0.15, -0.1) is 0 Å². The third kappa shape index (κ3) is 2.81. The van der Waals surface area contributed by atoms with E-state index < -0.39 is 0 Å². The maximum atomic E-state index is 5.30. The quantitative estimate of drug-likeness (QED) is 0.782. The number of rotatable bonds is 5. The Balaban J connectivity index is 1.84. The number of hydrogen-bond acceptors (Lipinski definition) is 4. The van der Waals surface area contributed by atoms with Crippen LogP contribution >= 0.6 is 0 Å². The van der Waals surface area contributed by atoms with Crippen LogP contribution in [0, 0.1) is 0 Å². The average Bonchev–Trinajstić information content (AvgIpc) is 2.94. The first-order valence-corrected chi connectivity index (χ1v) is 6.79. The summed E-state index contributed by atoms with van der Waals surface area (Å²) in [6, 6.07) is 7.82. The number of aromatic nitrogens is 3. The highest BCUT2D eigenvalue weighted by Crippen LogP contribution is 2.31. The molecule has 1 aromatic carbocycles. The molecule has 0 radical (unpaired) electrons. The molecule has 0 unspecified atom stereocenters. The number of fused-ring (bicyclic) bond motifs is 1. The second kappa shape index (κ2) is 5.83. The van der Waals surface area contributed by atoms with Crippen LogP contribution in [-0.2, 0) is 12.8 Å². The van der Waals surface area contributed by atoms with Gasteiger partial charge >= 0.3 is 0 Å². The molecule has 0 saturated carbocycles. The van der Waals surface area contributed by atoms with Gasteiger partial charge in [0.25, 0.3) is 0 Å². The summed E-state index contributed by atoms with van der Waals surface area (Å²) >= 11 is 0. The zero-order valence-corrected chi connectivity index (χ0v) is 12.1. The van der Waals surface area contributed by atoms with Gasteiger partial charge in [-0.2, -0.15) is 0 Å². The average molecular weight is 283 g/mol. The summed E-state index contributed by atoms with van der Waals surface area (Å²) in [6.07, 6.45) is 5.41. The van der Waals surface area contributed by atoms with Gasteiger partial charge in [-0.3, -0.25) is 4.98 Å². The van der Waals surface area contributed by atoms with Crippen molar-refractivity contribution in [3.8, 4) is 11.5 Å². The molecule has 0 aliphatic heterocycles. The fraction of sp³-hybridized carbons (Fsp3) is 0.250. The summed E-state index contributed by atoms with van der Waals surface area (Å²) < 4.78 is 10.6. The van der Waals surface area contributed by atoms with E-state index >= 15 is 0 Å². The molecule has 0 saturated heterocycles. The Morgan fingerprint density at radius 3 is 2.62 bits per heavy atom. The molecule has 3 aromatic rings. The highest BCUT2D eigenvalue weighted by Gasteiger charge is 2.10. The minimum Gasteiger partial charge on any atom is -0.493 e. The minimum absolute atomic E-state index is 0.690. The molecule has 0 aliphatic rings. The molecule has 0 fully saturated rings. The number of nitrogens with zero attached hydrogens (tertiary/aromatic N) is 2. The number of ether oxygens (including phenoxy) is 2. The van der Waals surface area contributed by atoms with Gasteiger partial charge in [0, 0.05) is 30.9 Å². The van der Waals surface area contributed by atoms with Crippen LogP contribution < -0.4 is 9.47 Å². The minimum atomic E-state index is 0.690. The highest BCUT2D eigenvalue weighted by atomic mass is 16.5. The van der Waals surface area contributed by atoms with Crippen LogP contribution in [-0.4, -0.2) is 29.2 Å². The SMILES string of the molecule is COc1cc2nc(CCc3cccnc3)[nH]c2cc1OC. The van der Waals surface area contributed by atoms with Crippen molar-refractivity contribution in [1.29, 1.82) is 0 Å². The van der Waals surface area contributed by atoms with Crippen molar-refractivity contribution in [2.24, 2.45) is 0 Å². The molecule has 0 aliphatic carbocycles. The van der Waals surface area contributed by atoms with E-state index in [0.29, 0.717) is 11.5 Å². The van der Waals surface area contributed by atoms with Gasteiger partial charge in [0.1, 0.15) is 5.82 Å². The van der Waals surface area contributed by atoms with Crippen LogP contribution in [0.25, 0.3) is 11.0 Å². The number of nitrogens with one attached hydrogen (secondary N) is 1. The van der Waals surface area contributed by atoms with Crippen molar-refractivity contribution < 1.29 is 9.47 Å². The van der Waals surface area contributed by atoms with Crippen molar-refractivity contribution in [3.63, 3.8) is 0 Å². The molecule has 5 nitrogen and oxygen atoms in total. The molecule has 108 valence electrons. The number of benzene rings is 1. The molecular formula is C16H17N3O2. The summed E-state index contributed by atoms with van der Waals surface area (Å²) in [4.78, 5) is 12.0. The summed E-state index contributed by atoms with van der Waals surface area (Å²) in [7, 11) is 3.25. The van der Waals surface area contributed by atoms with Gasteiger partial charge in [0.15, 0.2) is 11.5 Å². The molecule has 2 heterocycles. The molecule has 1 N–H and O–H groups in total.